The van der Waals surface area contributed by atoms with E-state index >= 15 is 0 Å². The van der Waals surface area contributed by atoms with Gasteiger partial charge in [0.05, 0.1) is 11.3 Å². The fraction of sp³-hybridized carbons (Fsp3) is 0.167. The number of amides is 2. The SMILES string of the molecule is CN(C)C(=O)c1ccc(Cl)cc1NC(=O)c1ncn[nH]1. The van der Waals surface area contributed by atoms with E-state index in [1.165, 1.54) is 17.3 Å². The van der Waals surface area contributed by atoms with Crippen molar-refractivity contribution >= 4 is 29.1 Å². The number of carbonyl (C=O) groups excluding carboxylic acids is 2. The minimum absolute atomic E-state index is 0.0493. The van der Waals surface area contributed by atoms with Crippen LogP contribution in [-0.2, 0) is 0 Å². The molecule has 104 valence electrons. The molecule has 2 amide bonds. The molecule has 0 spiro atoms. The zero-order chi connectivity index (χ0) is 14.7. The first-order chi connectivity index (χ1) is 9.49. The maximum atomic E-state index is 12.0. The van der Waals surface area contributed by atoms with Crippen molar-refractivity contribution in [3.63, 3.8) is 0 Å². The van der Waals surface area contributed by atoms with Crippen LogP contribution in [0.5, 0.6) is 0 Å². The number of carbonyl (C=O) groups is 2. The molecule has 1 aromatic heterocycles. The Morgan fingerprint density at radius 3 is 2.70 bits per heavy atom. The molecule has 2 N–H and O–H groups in total. The number of anilines is 1. The quantitative estimate of drug-likeness (QED) is 0.895. The monoisotopic (exact) mass is 293 g/mol. The van der Waals surface area contributed by atoms with Crippen molar-refractivity contribution in [1.82, 2.24) is 20.1 Å². The van der Waals surface area contributed by atoms with Crippen LogP contribution in [0.25, 0.3) is 0 Å². The second kappa shape index (κ2) is 5.70. The minimum atomic E-state index is -0.502. The Morgan fingerprint density at radius 2 is 2.10 bits per heavy atom. The van der Waals surface area contributed by atoms with Crippen molar-refractivity contribution in [2.24, 2.45) is 0 Å². The Bertz CT molecular complexity index is 639. The van der Waals surface area contributed by atoms with E-state index < -0.39 is 5.91 Å². The summed E-state index contributed by atoms with van der Waals surface area (Å²) < 4.78 is 0. The van der Waals surface area contributed by atoms with Crippen molar-refractivity contribution in [3.8, 4) is 0 Å². The summed E-state index contributed by atoms with van der Waals surface area (Å²) in [5.41, 5.74) is 0.657. The third kappa shape index (κ3) is 2.94. The van der Waals surface area contributed by atoms with Gasteiger partial charge in [-0.25, -0.2) is 4.98 Å². The number of aromatic nitrogens is 3. The average Bonchev–Trinajstić information content (AvgIpc) is 2.92. The van der Waals surface area contributed by atoms with Crippen LogP contribution < -0.4 is 5.32 Å². The molecule has 0 saturated heterocycles. The molecule has 0 fully saturated rings. The van der Waals surface area contributed by atoms with Crippen LogP contribution in [0.1, 0.15) is 21.0 Å². The molecule has 1 heterocycles. The average molecular weight is 294 g/mol. The van der Waals surface area contributed by atoms with Crippen molar-refractivity contribution in [1.29, 1.82) is 0 Å². The smallest absolute Gasteiger partial charge is 0.293 e. The molecule has 8 heteroatoms. The lowest BCUT2D eigenvalue weighted by atomic mass is 10.1. The van der Waals surface area contributed by atoms with Crippen LogP contribution >= 0.6 is 11.6 Å². The number of nitrogens with one attached hydrogen (secondary N) is 2. The van der Waals surface area contributed by atoms with Crippen LogP contribution in [0.2, 0.25) is 5.02 Å². The molecular weight excluding hydrogens is 282 g/mol. The Morgan fingerprint density at radius 1 is 1.35 bits per heavy atom. The van der Waals surface area contributed by atoms with Gasteiger partial charge in [0.15, 0.2) is 0 Å². The molecule has 0 saturated carbocycles. The molecule has 1 aromatic carbocycles. The predicted octanol–water partition coefficient (Wildman–Crippen LogP) is 1.41. The van der Waals surface area contributed by atoms with Gasteiger partial charge >= 0.3 is 0 Å². The first-order valence-electron chi connectivity index (χ1n) is 5.67. The van der Waals surface area contributed by atoms with Gasteiger partial charge in [0.2, 0.25) is 5.82 Å². The van der Waals surface area contributed by atoms with Gasteiger partial charge in [-0.3, -0.25) is 14.7 Å². The molecule has 0 aliphatic carbocycles. The van der Waals surface area contributed by atoms with E-state index in [1.807, 2.05) is 0 Å². The third-order valence-corrected chi connectivity index (χ3v) is 2.73. The normalized spacial score (nSPS) is 10.2. The van der Waals surface area contributed by atoms with E-state index in [0.717, 1.165) is 0 Å². The van der Waals surface area contributed by atoms with Gasteiger partial charge in [0, 0.05) is 19.1 Å². The second-order valence-electron chi connectivity index (χ2n) is 4.18. The Balaban J connectivity index is 2.33. The summed E-state index contributed by atoms with van der Waals surface area (Å²) >= 11 is 5.90. The molecule has 7 nitrogen and oxygen atoms in total. The zero-order valence-electron chi connectivity index (χ0n) is 10.8. The maximum Gasteiger partial charge on any atom is 0.293 e. The molecule has 2 aromatic rings. The van der Waals surface area contributed by atoms with E-state index in [2.05, 4.69) is 20.5 Å². The first-order valence-corrected chi connectivity index (χ1v) is 6.04. The molecule has 20 heavy (non-hydrogen) atoms. The van der Waals surface area contributed by atoms with Crippen LogP contribution in [0, 0.1) is 0 Å². The van der Waals surface area contributed by atoms with E-state index in [9.17, 15) is 9.59 Å². The summed E-state index contributed by atoms with van der Waals surface area (Å²) in [5, 5.41) is 9.03. The molecule has 0 aliphatic heterocycles. The van der Waals surface area contributed by atoms with Gasteiger partial charge in [-0.1, -0.05) is 11.6 Å². The Kier molecular flexibility index (Phi) is 3.99. The van der Waals surface area contributed by atoms with Crippen molar-refractivity contribution in [3.05, 3.63) is 40.9 Å². The van der Waals surface area contributed by atoms with Crippen molar-refractivity contribution in [2.75, 3.05) is 19.4 Å². The number of halogens is 1. The summed E-state index contributed by atoms with van der Waals surface area (Å²) in [6.07, 6.45) is 1.22. The number of rotatable bonds is 3. The summed E-state index contributed by atoms with van der Waals surface area (Å²) in [6, 6.07) is 4.65. The van der Waals surface area contributed by atoms with Gasteiger partial charge in [0.1, 0.15) is 6.33 Å². The van der Waals surface area contributed by atoms with Gasteiger partial charge in [0.25, 0.3) is 11.8 Å². The highest BCUT2D eigenvalue weighted by Gasteiger charge is 2.17. The lowest BCUT2D eigenvalue weighted by Crippen LogP contribution is -2.24. The van der Waals surface area contributed by atoms with E-state index in [4.69, 9.17) is 11.6 Å². The molecule has 0 atom stereocenters. The summed E-state index contributed by atoms with van der Waals surface area (Å²) in [4.78, 5) is 29.1. The summed E-state index contributed by atoms with van der Waals surface area (Å²) in [7, 11) is 3.25. The Labute approximate surface area is 120 Å². The predicted molar refractivity (Wildman–Crippen MR) is 73.8 cm³/mol. The number of benzene rings is 1. The summed E-state index contributed by atoms with van der Waals surface area (Å²) in [6.45, 7) is 0. The van der Waals surface area contributed by atoms with E-state index in [-0.39, 0.29) is 11.7 Å². The fourth-order valence-corrected chi connectivity index (χ4v) is 1.72. The lowest BCUT2D eigenvalue weighted by Gasteiger charge is -2.14. The first kappa shape index (κ1) is 14.0. The van der Waals surface area contributed by atoms with Crippen LogP contribution in [0.15, 0.2) is 24.5 Å². The Hall–Kier alpha value is -2.41. The van der Waals surface area contributed by atoms with Gasteiger partial charge < -0.3 is 10.2 Å². The standard InChI is InChI=1S/C12H12ClN5O2/c1-18(2)12(20)8-4-3-7(13)5-9(8)16-11(19)10-14-6-15-17-10/h3-6H,1-2H3,(H,16,19)(H,14,15,17). The van der Waals surface area contributed by atoms with Crippen molar-refractivity contribution in [2.45, 2.75) is 0 Å². The number of nitrogens with zero attached hydrogens (tertiary/aromatic N) is 3. The highest BCUT2D eigenvalue weighted by molar-refractivity contribution is 6.31. The van der Waals surface area contributed by atoms with Crippen molar-refractivity contribution < 1.29 is 9.59 Å². The van der Waals surface area contributed by atoms with E-state index in [1.54, 1.807) is 26.2 Å². The van der Waals surface area contributed by atoms with Crippen LogP contribution in [0.3, 0.4) is 0 Å². The topological polar surface area (TPSA) is 91.0 Å². The zero-order valence-corrected chi connectivity index (χ0v) is 11.6. The van der Waals surface area contributed by atoms with Gasteiger partial charge in [-0.15, -0.1) is 0 Å². The third-order valence-electron chi connectivity index (χ3n) is 2.50. The molecule has 0 bridgehead atoms. The number of hydrogen-bond donors (Lipinski definition) is 2. The molecule has 2 rings (SSSR count). The highest BCUT2D eigenvalue weighted by Crippen LogP contribution is 2.22. The highest BCUT2D eigenvalue weighted by atomic mass is 35.5. The number of aromatic amines is 1. The number of hydrogen-bond acceptors (Lipinski definition) is 4. The molecule has 0 unspecified atom stereocenters. The molecular formula is C12H12ClN5O2. The van der Waals surface area contributed by atoms with Crippen LogP contribution in [-0.4, -0.2) is 46.0 Å². The molecule has 0 radical (unpaired) electrons. The lowest BCUT2D eigenvalue weighted by molar-refractivity contribution is 0.0828. The fourth-order valence-electron chi connectivity index (χ4n) is 1.54. The largest absolute Gasteiger partial charge is 0.345 e. The minimum Gasteiger partial charge on any atom is -0.345 e. The maximum absolute atomic E-state index is 12.0. The number of H-pyrrole nitrogens is 1. The van der Waals surface area contributed by atoms with Gasteiger partial charge in [-0.05, 0) is 18.2 Å². The second-order valence-corrected chi connectivity index (χ2v) is 4.61. The van der Waals surface area contributed by atoms with Gasteiger partial charge in [-0.2, -0.15) is 5.10 Å². The van der Waals surface area contributed by atoms with Crippen LogP contribution in [0.4, 0.5) is 5.69 Å². The summed E-state index contributed by atoms with van der Waals surface area (Å²) in [5.74, 6) is -0.694. The van der Waals surface area contributed by atoms with E-state index in [0.29, 0.717) is 16.3 Å². The molecule has 0 aliphatic rings.